The highest BCUT2D eigenvalue weighted by Crippen LogP contribution is 2.41. The van der Waals surface area contributed by atoms with E-state index in [4.69, 9.17) is 20.2 Å². The van der Waals surface area contributed by atoms with Gasteiger partial charge in [-0.3, -0.25) is 4.79 Å². The predicted molar refractivity (Wildman–Crippen MR) is 160 cm³/mol. The molecule has 210 valence electrons. The van der Waals surface area contributed by atoms with Crippen molar-refractivity contribution in [2.45, 2.75) is 58.6 Å². The van der Waals surface area contributed by atoms with E-state index in [0.717, 1.165) is 42.1 Å². The van der Waals surface area contributed by atoms with E-state index in [1.807, 2.05) is 26.0 Å². The Morgan fingerprint density at radius 1 is 1.15 bits per heavy atom. The molecule has 0 aliphatic carbocycles. The number of aromatic nitrogens is 3. The van der Waals surface area contributed by atoms with Crippen LogP contribution in [0.4, 0.5) is 11.6 Å². The summed E-state index contributed by atoms with van der Waals surface area (Å²) in [7, 11) is 1.54. The molecule has 0 atom stereocenters. The number of likely N-dealkylation sites (tertiary alicyclic amines) is 1. The quantitative estimate of drug-likeness (QED) is 0.257. The number of hydrogen-bond donors (Lipinski definition) is 2. The number of nitrogens with zero attached hydrogens (tertiary/aromatic N) is 4. The van der Waals surface area contributed by atoms with Crippen molar-refractivity contribution in [1.82, 2.24) is 19.9 Å². The van der Waals surface area contributed by atoms with E-state index >= 15 is 0 Å². The van der Waals surface area contributed by atoms with Crippen molar-refractivity contribution in [3.8, 4) is 22.8 Å². The van der Waals surface area contributed by atoms with Gasteiger partial charge in [-0.05, 0) is 89.4 Å². The monoisotopic (exact) mass is 560 g/mol. The number of thiophene rings is 1. The third-order valence-electron chi connectivity index (χ3n) is 7.23. The first kappa shape index (κ1) is 27.8. The van der Waals surface area contributed by atoms with E-state index in [1.54, 1.807) is 25.6 Å². The smallest absolute Gasteiger partial charge is 0.259 e. The van der Waals surface area contributed by atoms with Gasteiger partial charge in [0.05, 0.1) is 35.3 Å². The minimum absolute atomic E-state index is 0.00151. The Balaban J connectivity index is 1.50. The van der Waals surface area contributed by atoms with Gasteiger partial charge in [0.15, 0.2) is 0 Å². The molecular weight excluding hydrogens is 524 g/mol. The number of rotatable bonds is 9. The van der Waals surface area contributed by atoms with Crippen LogP contribution < -0.4 is 20.5 Å². The maximum absolute atomic E-state index is 12.4. The van der Waals surface area contributed by atoms with Crippen molar-refractivity contribution in [3.05, 3.63) is 53.2 Å². The Morgan fingerprint density at radius 2 is 1.93 bits per heavy atom. The van der Waals surface area contributed by atoms with Crippen molar-refractivity contribution < 1.29 is 14.3 Å². The lowest BCUT2D eigenvalue weighted by Crippen LogP contribution is -2.37. The standard InChI is InChI=1S/C30H36N6O3S/c1-17(2)36-13-10-19(11-14-36)20-8-9-22(23(15-20)39-18(3)4)34-30-33-16-24-26(35-30)25(27(40-24)28(31)37)21-7-6-12-32-29(21)38-5/h6-9,12,15-19H,10-11,13-14H2,1-5H3,(H2,31,37)(H,33,34,35). The number of carbonyl (C=O) groups excluding carboxylic acids is 1. The summed E-state index contributed by atoms with van der Waals surface area (Å²) in [6.45, 7) is 10.8. The van der Waals surface area contributed by atoms with Gasteiger partial charge >= 0.3 is 0 Å². The van der Waals surface area contributed by atoms with Crippen molar-refractivity contribution >= 4 is 39.1 Å². The van der Waals surface area contributed by atoms with Gasteiger partial charge in [-0.2, -0.15) is 0 Å². The fourth-order valence-electron chi connectivity index (χ4n) is 5.24. The summed E-state index contributed by atoms with van der Waals surface area (Å²) in [5.41, 5.74) is 9.66. The van der Waals surface area contributed by atoms with Crippen LogP contribution in [0.5, 0.6) is 11.6 Å². The molecular formula is C30H36N6O3S. The van der Waals surface area contributed by atoms with E-state index in [-0.39, 0.29) is 6.10 Å². The number of methoxy groups -OCH3 is 1. The van der Waals surface area contributed by atoms with Crippen molar-refractivity contribution in [1.29, 1.82) is 0 Å². The summed E-state index contributed by atoms with van der Waals surface area (Å²) in [4.78, 5) is 29.0. The first-order valence-corrected chi connectivity index (χ1v) is 14.5. The van der Waals surface area contributed by atoms with Crippen molar-refractivity contribution in [2.75, 3.05) is 25.5 Å². The molecule has 4 aromatic rings. The van der Waals surface area contributed by atoms with Crippen LogP contribution in [0.2, 0.25) is 0 Å². The van der Waals surface area contributed by atoms with Crippen LogP contribution in [0.1, 0.15) is 61.7 Å². The van der Waals surface area contributed by atoms with Gasteiger partial charge in [0.25, 0.3) is 5.91 Å². The highest BCUT2D eigenvalue weighted by molar-refractivity contribution is 7.21. The summed E-state index contributed by atoms with van der Waals surface area (Å²) < 4.78 is 12.5. The lowest BCUT2D eigenvalue weighted by molar-refractivity contribution is 0.100. The molecule has 0 saturated carbocycles. The molecule has 40 heavy (non-hydrogen) atoms. The fourth-order valence-corrected chi connectivity index (χ4v) is 6.22. The van der Waals surface area contributed by atoms with Crippen LogP contribution in [0.25, 0.3) is 21.3 Å². The number of fused-ring (bicyclic) bond motifs is 1. The van der Waals surface area contributed by atoms with E-state index in [2.05, 4.69) is 46.2 Å². The number of piperidine rings is 1. The van der Waals surface area contributed by atoms with E-state index in [1.165, 1.54) is 16.9 Å². The first-order valence-electron chi connectivity index (χ1n) is 13.7. The van der Waals surface area contributed by atoms with Crippen molar-refractivity contribution in [3.63, 3.8) is 0 Å². The molecule has 1 fully saturated rings. The van der Waals surface area contributed by atoms with Gasteiger partial charge in [-0.1, -0.05) is 6.07 Å². The Kier molecular flexibility index (Phi) is 8.18. The number of carbonyl (C=O) groups is 1. The lowest BCUT2D eigenvalue weighted by Gasteiger charge is -2.35. The number of hydrogen-bond acceptors (Lipinski definition) is 9. The summed E-state index contributed by atoms with van der Waals surface area (Å²) in [6, 6.07) is 10.6. The van der Waals surface area contributed by atoms with Crippen LogP contribution in [0, 0.1) is 0 Å². The second-order valence-electron chi connectivity index (χ2n) is 10.6. The Hall–Kier alpha value is -3.76. The lowest BCUT2D eigenvalue weighted by atomic mass is 9.88. The second kappa shape index (κ2) is 11.8. The maximum atomic E-state index is 12.4. The number of amides is 1. The fraction of sp³-hybridized carbons (Fsp3) is 0.400. The minimum atomic E-state index is -0.541. The molecule has 5 rings (SSSR count). The zero-order chi connectivity index (χ0) is 28.4. The Labute approximate surface area is 238 Å². The average Bonchev–Trinajstić information content (AvgIpc) is 3.33. The molecule has 0 spiro atoms. The van der Waals surface area contributed by atoms with Gasteiger partial charge in [-0.15, -0.1) is 11.3 Å². The zero-order valence-electron chi connectivity index (χ0n) is 23.6. The molecule has 1 amide bonds. The van der Waals surface area contributed by atoms with Crippen LogP contribution in [-0.4, -0.2) is 58.1 Å². The maximum Gasteiger partial charge on any atom is 0.259 e. The topological polar surface area (TPSA) is 115 Å². The summed E-state index contributed by atoms with van der Waals surface area (Å²) in [6.07, 6.45) is 5.60. The van der Waals surface area contributed by atoms with Gasteiger partial charge in [0.1, 0.15) is 10.6 Å². The van der Waals surface area contributed by atoms with Crippen LogP contribution >= 0.6 is 11.3 Å². The number of ether oxygens (including phenoxy) is 2. The molecule has 3 aromatic heterocycles. The molecule has 0 bridgehead atoms. The van der Waals surface area contributed by atoms with Crippen LogP contribution in [0.15, 0.2) is 42.7 Å². The van der Waals surface area contributed by atoms with Gasteiger partial charge in [0.2, 0.25) is 11.8 Å². The van der Waals surface area contributed by atoms with E-state index in [9.17, 15) is 4.79 Å². The summed E-state index contributed by atoms with van der Waals surface area (Å²) in [5, 5.41) is 3.35. The predicted octanol–water partition coefficient (Wildman–Crippen LogP) is 5.98. The third kappa shape index (κ3) is 5.73. The first-order chi connectivity index (χ1) is 19.2. The Bertz CT molecular complexity index is 1510. The van der Waals surface area contributed by atoms with Crippen molar-refractivity contribution in [2.24, 2.45) is 5.73 Å². The molecule has 3 N–H and O–H groups in total. The highest BCUT2D eigenvalue weighted by Gasteiger charge is 2.25. The zero-order valence-corrected chi connectivity index (χ0v) is 24.4. The molecule has 1 saturated heterocycles. The van der Waals surface area contributed by atoms with Gasteiger partial charge in [-0.25, -0.2) is 15.0 Å². The average molecular weight is 561 g/mol. The normalized spacial score (nSPS) is 14.7. The minimum Gasteiger partial charge on any atom is -0.489 e. The number of nitrogens with two attached hydrogens (primary N) is 1. The van der Waals surface area contributed by atoms with E-state index < -0.39 is 5.91 Å². The number of anilines is 2. The van der Waals surface area contributed by atoms with E-state index in [0.29, 0.717) is 45.3 Å². The molecule has 0 unspecified atom stereocenters. The molecule has 1 aliphatic heterocycles. The highest BCUT2D eigenvalue weighted by atomic mass is 32.1. The number of pyridine rings is 1. The third-order valence-corrected chi connectivity index (χ3v) is 8.36. The van der Waals surface area contributed by atoms with Gasteiger partial charge < -0.3 is 25.4 Å². The number of nitrogens with one attached hydrogen (secondary N) is 1. The summed E-state index contributed by atoms with van der Waals surface area (Å²) in [5.74, 6) is 1.50. The molecule has 1 aliphatic rings. The molecule has 10 heteroatoms. The largest absolute Gasteiger partial charge is 0.489 e. The Morgan fingerprint density at radius 3 is 2.60 bits per heavy atom. The molecule has 9 nitrogen and oxygen atoms in total. The molecule has 1 aromatic carbocycles. The van der Waals surface area contributed by atoms with Crippen LogP contribution in [-0.2, 0) is 0 Å². The SMILES string of the molecule is COc1ncccc1-c1c(C(N)=O)sc2cnc(Nc3ccc(C4CCN(C(C)C)CC4)cc3OC(C)C)nc12. The summed E-state index contributed by atoms with van der Waals surface area (Å²) >= 11 is 1.25. The van der Waals surface area contributed by atoms with Crippen LogP contribution in [0.3, 0.4) is 0 Å². The number of primary amides is 1. The molecule has 0 radical (unpaired) electrons. The number of benzene rings is 1. The second-order valence-corrected chi connectivity index (χ2v) is 11.6. The van der Waals surface area contributed by atoms with Gasteiger partial charge in [0, 0.05) is 23.4 Å². The molecule has 4 heterocycles.